The number of aryl methyl sites for hydroxylation is 1. The molecule has 2 aromatic rings. The van der Waals surface area contributed by atoms with Crippen molar-refractivity contribution in [1.82, 2.24) is 26.6 Å². The van der Waals surface area contributed by atoms with Gasteiger partial charge in [0.1, 0.15) is 24.2 Å². The Morgan fingerprint density at radius 2 is 1.04 bits per heavy atom. The highest BCUT2D eigenvalue weighted by Gasteiger charge is 2.31. The maximum absolute atomic E-state index is 13.8. The first-order valence-electron chi connectivity index (χ1n) is 20.1. The van der Waals surface area contributed by atoms with Crippen molar-refractivity contribution in [2.75, 3.05) is 13.1 Å². The number of hydrogen-bond donors (Lipinski definition) is 8. The van der Waals surface area contributed by atoms with E-state index in [0.29, 0.717) is 44.3 Å². The van der Waals surface area contributed by atoms with Gasteiger partial charge in [-0.1, -0.05) is 63.6 Å². The van der Waals surface area contributed by atoms with Gasteiger partial charge in [-0.25, -0.2) is 0 Å². The maximum atomic E-state index is 13.8. The average molecular weight is 793 g/mol. The molecule has 0 fully saturated rings. The van der Waals surface area contributed by atoms with Gasteiger partial charge in [-0.2, -0.15) is 0 Å². The Hall–Kier alpha value is -5.15. The fraction of sp³-hybridized carbons (Fsp3) is 0.548. The first-order chi connectivity index (χ1) is 27.1. The third-order valence-corrected chi connectivity index (χ3v) is 9.49. The molecule has 0 heterocycles. The second-order valence-corrected chi connectivity index (χ2v) is 14.9. The van der Waals surface area contributed by atoms with Crippen LogP contribution < -0.4 is 43.8 Å². The predicted octanol–water partition coefficient (Wildman–Crippen LogP) is 2.13. The van der Waals surface area contributed by atoms with E-state index < -0.39 is 71.4 Å². The smallest absolute Gasteiger partial charge is 0.287 e. The number of nitrogens with one attached hydrogen (secondary N) is 5. The van der Waals surface area contributed by atoms with Crippen molar-refractivity contribution in [2.45, 2.75) is 129 Å². The van der Waals surface area contributed by atoms with Gasteiger partial charge in [0.15, 0.2) is 0 Å². The number of hydrogen-bond acceptors (Lipinski definition) is 9. The van der Waals surface area contributed by atoms with Gasteiger partial charge in [0.25, 0.3) is 11.8 Å². The summed E-state index contributed by atoms with van der Waals surface area (Å²) in [5.41, 5.74) is 20.1. The number of carbonyl (C=O) groups excluding carboxylic acids is 7. The topological polar surface area (TPSA) is 258 Å². The van der Waals surface area contributed by atoms with Crippen molar-refractivity contribution in [2.24, 2.45) is 23.1 Å². The van der Waals surface area contributed by atoms with E-state index in [1.807, 2.05) is 26.0 Å². The first kappa shape index (κ1) is 48.0. The molecule has 0 aliphatic carbocycles. The van der Waals surface area contributed by atoms with Gasteiger partial charge in [0, 0.05) is 5.56 Å². The minimum Gasteiger partial charge on any atom is -0.363 e. The summed E-state index contributed by atoms with van der Waals surface area (Å²) < 4.78 is 0. The van der Waals surface area contributed by atoms with Gasteiger partial charge >= 0.3 is 0 Å². The van der Waals surface area contributed by atoms with Crippen LogP contribution in [0.4, 0.5) is 0 Å². The Morgan fingerprint density at radius 3 is 1.54 bits per heavy atom. The number of ketones is 1. The summed E-state index contributed by atoms with van der Waals surface area (Å²) in [4.78, 5) is 90.3. The third kappa shape index (κ3) is 16.9. The molecule has 0 saturated heterocycles. The highest BCUT2D eigenvalue weighted by Crippen LogP contribution is 2.21. The van der Waals surface area contributed by atoms with Gasteiger partial charge in [0.05, 0.1) is 6.04 Å². The van der Waals surface area contributed by atoms with Crippen LogP contribution >= 0.6 is 0 Å². The summed E-state index contributed by atoms with van der Waals surface area (Å²) in [5.74, 6) is -5.30. The van der Waals surface area contributed by atoms with Crippen molar-refractivity contribution >= 4 is 41.2 Å². The van der Waals surface area contributed by atoms with Crippen LogP contribution in [0.15, 0.2) is 48.5 Å². The van der Waals surface area contributed by atoms with Crippen LogP contribution in [0.5, 0.6) is 0 Å². The van der Waals surface area contributed by atoms with Crippen molar-refractivity contribution in [3.63, 3.8) is 0 Å². The molecular weight excluding hydrogens is 729 g/mol. The summed E-state index contributed by atoms with van der Waals surface area (Å²) in [6.45, 7) is 9.33. The van der Waals surface area contributed by atoms with Crippen LogP contribution in [0.2, 0.25) is 0 Å². The van der Waals surface area contributed by atoms with Crippen LogP contribution in [0.3, 0.4) is 0 Å². The number of carbonyl (C=O) groups is 7. The van der Waals surface area contributed by atoms with E-state index in [1.165, 1.54) is 19.4 Å². The summed E-state index contributed by atoms with van der Waals surface area (Å²) in [6, 6.07) is 10.00. The summed E-state index contributed by atoms with van der Waals surface area (Å²) in [7, 11) is 0. The van der Waals surface area contributed by atoms with Crippen molar-refractivity contribution < 1.29 is 33.6 Å². The number of nitrogens with two attached hydrogens (primary N) is 3. The minimum absolute atomic E-state index is 0.0501. The van der Waals surface area contributed by atoms with Crippen molar-refractivity contribution in [3.05, 3.63) is 59.7 Å². The molecule has 0 bridgehead atoms. The lowest BCUT2D eigenvalue weighted by Crippen LogP contribution is -2.58. The van der Waals surface area contributed by atoms with Crippen LogP contribution in [0, 0.1) is 5.92 Å². The molecule has 6 amide bonds. The van der Waals surface area contributed by atoms with E-state index >= 15 is 0 Å². The summed E-state index contributed by atoms with van der Waals surface area (Å²) >= 11 is 0. The van der Waals surface area contributed by atoms with Gasteiger partial charge in [0.2, 0.25) is 29.4 Å². The van der Waals surface area contributed by atoms with Crippen LogP contribution in [0.25, 0.3) is 11.1 Å². The normalized spacial score (nSPS) is 13.7. The van der Waals surface area contributed by atoms with E-state index in [9.17, 15) is 33.6 Å². The largest absolute Gasteiger partial charge is 0.363 e. The average Bonchev–Trinajstić information content (AvgIpc) is 3.18. The number of primary amides is 1. The van der Waals surface area contributed by atoms with E-state index in [1.54, 1.807) is 12.1 Å². The molecule has 0 saturated carbocycles. The number of unbranched alkanes of at least 4 members (excludes halogenated alkanes) is 3. The van der Waals surface area contributed by atoms with E-state index in [-0.39, 0.29) is 25.2 Å². The highest BCUT2D eigenvalue weighted by atomic mass is 16.2. The highest BCUT2D eigenvalue weighted by molar-refractivity contribution is 6.37. The molecule has 0 aromatic heterocycles. The molecule has 0 aliphatic rings. The minimum atomic E-state index is -1.20. The molecule has 0 aliphatic heterocycles. The maximum Gasteiger partial charge on any atom is 0.287 e. The standard InChI is InChI=1S/C42H64N8O7/c1-6-7-12-29-15-17-30(18-16-29)31-19-21-32(22-20-31)39(54)48-34(14-9-11-24-44)41(56)49-33(13-8-10-23-43)40(55)47-28(5)38(53)50-35(25-26(2)3)42(57)46-27(4)36(51)37(45)52/h15-22,26-28,33-35H,6-14,23-25,43-44H2,1-5H3,(H2,45,52)(H,46,57)(H,47,55)(H,48,54)(H,49,56)(H,50,53)/t27-,28+,33+,34+,35+/m1/s1. The van der Waals surface area contributed by atoms with E-state index in [4.69, 9.17) is 17.2 Å². The molecule has 57 heavy (non-hydrogen) atoms. The number of rotatable bonds is 26. The Kier molecular flexibility index (Phi) is 21.2. The molecule has 11 N–H and O–H groups in total. The molecule has 0 spiro atoms. The van der Waals surface area contributed by atoms with Crippen LogP contribution in [-0.2, 0) is 35.2 Å². The van der Waals surface area contributed by atoms with Crippen molar-refractivity contribution in [1.29, 1.82) is 0 Å². The molecule has 2 aromatic carbocycles. The van der Waals surface area contributed by atoms with Gasteiger partial charge in [-0.15, -0.1) is 0 Å². The Morgan fingerprint density at radius 1 is 0.561 bits per heavy atom. The molecule has 2 rings (SSSR count). The predicted molar refractivity (Wildman–Crippen MR) is 220 cm³/mol. The second kappa shape index (κ2) is 25.2. The molecule has 5 atom stereocenters. The number of Topliss-reactive ketones (excluding diaryl/α,β-unsaturated/α-hetero) is 1. The lowest BCUT2D eigenvalue weighted by Gasteiger charge is -2.26. The third-order valence-electron chi connectivity index (χ3n) is 9.49. The fourth-order valence-corrected chi connectivity index (χ4v) is 6.07. The summed E-state index contributed by atoms with van der Waals surface area (Å²) in [5, 5.41) is 13.2. The molecule has 0 radical (unpaired) electrons. The molecule has 15 heteroatoms. The van der Waals surface area contributed by atoms with Gasteiger partial charge in [-0.05, 0) is 119 Å². The monoisotopic (exact) mass is 792 g/mol. The molecule has 314 valence electrons. The lowest BCUT2D eigenvalue weighted by atomic mass is 10.0. The fourth-order valence-electron chi connectivity index (χ4n) is 6.07. The van der Waals surface area contributed by atoms with E-state index in [0.717, 1.165) is 30.4 Å². The molecule has 15 nitrogen and oxygen atoms in total. The number of amides is 6. The molecular formula is C42H64N8O7. The van der Waals surface area contributed by atoms with Crippen LogP contribution in [-0.4, -0.2) is 84.5 Å². The molecule has 0 unspecified atom stereocenters. The zero-order valence-corrected chi connectivity index (χ0v) is 34.2. The summed E-state index contributed by atoms with van der Waals surface area (Å²) in [6.07, 6.45) is 6.20. The van der Waals surface area contributed by atoms with E-state index in [2.05, 4.69) is 57.8 Å². The van der Waals surface area contributed by atoms with Gasteiger partial charge < -0.3 is 43.8 Å². The zero-order valence-electron chi connectivity index (χ0n) is 34.2. The Labute approximate surface area is 336 Å². The zero-order chi connectivity index (χ0) is 42.5. The van der Waals surface area contributed by atoms with Crippen molar-refractivity contribution in [3.8, 4) is 11.1 Å². The quantitative estimate of drug-likeness (QED) is 0.0512. The SMILES string of the molecule is CCCCc1ccc(-c2ccc(C(=O)N[C@@H](CCCCN)C(=O)N[C@@H](CCCCN)C(=O)N[C@@H](C)C(=O)N[C@@H](CC(C)C)C(=O)N[C@H](C)C(=O)C(N)=O)cc2)cc1. The van der Waals surface area contributed by atoms with Crippen LogP contribution in [0.1, 0.15) is 108 Å². The Balaban J connectivity index is 2.17. The number of benzene rings is 2. The first-order valence-corrected chi connectivity index (χ1v) is 20.1. The second-order valence-electron chi connectivity index (χ2n) is 14.9. The lowest BCUT2D eigenvalue weighted by molar-refractivity contribution is -0.138. The Bertz CT molecular complexity index is 1630. The van der Waals surface area contributed by atoms with Gasteiger partial charge in [-0.3, -0.25) is 33.6 Å².